The summed E-state index contributed by atoms with van der Waals surface area (Å²) >= 11 is 6.40. The number of aliphatic hydroxyl groups excluding tert-OH is 1. The van der Waals surface area contributed by atoms with E-state index in [9.17, 15) is 13.5 Å². The second-order valence-corrected chi connectivity index (χ2v) is 10.00. The van der Waals surface area contributed by atoms with Crippen molar-refractivity contribution in [3.8, 4) is 28.4 Å². The van der Waals surface area contributed by atoms with Gasteiger partial charge in [-0.1, -0.05) is 30.2 Å². The predicted octanol–water partition coefficient (Wildman–Crippen LogP) is 3.75. The number of piperidine rings is 1. The van der Waals surface area contributed by atoms with Crippen LogP contribution in [0.15, 0.2) is 53.6 Å². The van der Waals surface area contributed by atoms with E-state index in [2.05, 4.69) is 5.10 Å². The van der Waals surface area contributed by atoms with Gasteiger partial charge < -0.3 is 14.6 Å². The Bertz CT molecular complexity index is 1240. The Morgan fingerprint density at radius 3 is 2.58 bits per heavy atom. The summed E-state index contributed by atoms with van der Waals surface area (Å²) in [5, 5.41) is 14.7. The molecule has 10 heteroatoms. The van der Waals surface area contributed by atoms with E-state index < -0.39 is 16.1 Å². The van der Waals surface area contributed by atoms with Gasteiger partial charge in [-0.15, -0.1) is 0 Å². The highest BCUT2D eigenvalue weighted by molar-refractivity contribution is 7.89. The lowest BCUT2D eigenvalue weighted by molar-refractivity contribution is 0.155. The lowest BCUT2D eigenvalue weighted by atomic mass is 10.1. The van der Waals surface area contributed by atoms with E-state index >= 15 is 0 Å². The lowest BCUT2D eigenvalue weighted by Crippen LogP contribution is -2.45. The highest BCUT2D eigenvalue weighted by Crippen LogP contribution is 2.41. The second kappa shape index (κ2) is 9.72. The van der Waals surface area contributed by atoms with Crippen LogP contribution in [-0.2, 0) is 10.0 Å². The Hall–Kier alpha value is -2.59. The number of hydrogen-bond donors (Lipinski definition) is 1. The summed E-state index contributed by atoms with van der Waals surface area (Å²) in [5.41, 5.74) is 1.78. The van der Waals surface area contributed by atoms with Gasteiger partial charge in [0.05, 0.1) is 43.4 Å². The molecule has 2 aromatic carbocycles. The van der Waals surface area contributed by atoms with Crippen molar-refractivity contribution in [3.05, 3.63) is 53.7 Å². The second-order valence-electron chi connectivity index (χ2n) is 7.73. The summed E-state index contributed by atoms with van der Waals surface area (Å²) in [6.07, 6.45) is 3.84. The summed E-state index contributed by atoms with van der Waals surface area (Å²) < 4.78 is 41.5. The third kappa shape index (κ3) is 4.33. The van der Waals surface area contributed by atoms with E-state index in [1.807, 2.05) is 18.2 Å². The van der Waals surface area contributed by atoms with E-state index in [0.717, 1.165) is 12.8 Å². The van der Waals surface area contributed by atoms with Gasteiger partial charge in [0.25, 0.3) is 0 Å². The largest absolute Gasteiger partial charge is 0.496 e. The predicted molar refractivity (Wildman–Crippen MR) is 126 cm³/mol. The quantitative estimate of drug-likeness (QED) is 0.541. The number of ether oxygens (including phenoxy) is 2. The number of hydrogen-bond acceptors (Lipinski definition) is 6. The van der Waals surface area contributed by atoms with Crippen LogP contribution in [-0.4, -0.2) is 61.0 Å². The van der Waals surface area contributed by atoms with Gasteiger partial charge in [0, 0.05) is 24.2 Å². The fraction of sp³-hybridized carbons (Fsp3) is 0.348. The van der Waals surface area contributed by atoms with E-state index in [1.54, 1.807) is 35.1 Å². The Labute approximate surface area is 198 Å². The molecule has 1 aromatic heterocycles. The Morgan fingerprint density at radius 1 is 1.12 bits per heavy atom. The number of rotatable bonds is 7. The summed E-state index contributed by atoms with van der Waals surface area (Å²) in [6, 6.07) is 11.7. The highest BCUT2D eigenvalue weighted by atomic mass is 35.5. The van der Waals surface area contributed by atoms with E-state index in [1.165, 1.54) is 18.5 Å². The summed E-state index contributed by atoms with van der Waals surface area (Å²) in [5.74, 6) is 0.596. The molecule has 0 bridgehead atoms. The summed E-state index contributed by atoms with van der Waals surface area (Å²) in [7, 11) is -1.03. The zero-order valence-corrected chi connectivity index (χ0v) is 20.0. The molecular weight excluding hydrogens is 466 g/mol. The van der Waals surface area contributed by atoms with Crippen LogP contribution < -0.4 is 9.47 Å². The number of methoxy groups -OCH3 is 2. The first kappa shape index (κ1) is 23.6. The molecule has 176 valence electrons. The zero-order chi connectivity index (χ0) is 23.6. The molecule has 1 N–H and O–H groups in total. The van der Waals surface area contributed by atoms with Crippen LogP contribution in [0.3, 0.4) is 0 Å². The smallest absolute Gasteiger partial charge is 0.247 e. The van der Waals surface area contributed by atoms with Crippen LogP contribution in [0.5, 0.6) is 11.5 Å². The molecule has 0 saturated carbocycles. The maximum Gasteiger partial charge on any atom is 0.247 e. The molecule has 1 saturated heterocycles. The minimum atomic E-state index is -3.95. The fourth-order valence-electron chi connectivity index (χ4n) is 4.19. The van der Waals surface area contributed by atoms with Crippen molar-refractivity contribution in [1.82, 2.24) is 14.1 Å². The monoisotopic (exact) mass is 491 g/mol. The average molecular weight is 492 g/mol. The molecule has 1 atom stereocenters. The number of aliphatic hydroxyl groups is 1. The van der Waals surface area contributed by atoms with Crippen LogP contribution >= 0.6 is 11.6 Å². The van der Waals surface area contributed by atoms with Gasteiger partial charge in [-0.05, 0) is 37.1 Å². The normalized spacial score (nSPS) is 17.2. The van der Waals surface area contributed by atoms with Crippen molar-refractivity contribution in [3.63, 3.8) is 0 Å². The van der Waals surface area contributed by atoms with E-state index in [0.29, 0.717) is 40.7 Å². The molecular formula is C23H26ClN3O5S. The number of halogens is 1. The van der Waals surface area contributed by atoms with Crippen molar-refractivity contribution in [2.75, 3.05) is 27.4 Å². The Kier molecular flexibility index (Phi) is 6.94. The van der Waals surface area contributed by atoms with Gasteiger partial charge in [0.2, 0.25) is 10.0 Å². The van der Waals surface area contributed by atoms with Gasteiger partial charge in [-0.2, -0.15) is 9.40 Å². The highest BCUT2D eigenvalue weighted by Gasteiger charge is 2.36. The van der Waals surface area contributed by atoms with Crippen LogP contribution in [0.2, 0.25) is 5.02 Å². The first-order valence-electron chi connectivity index (χ1n) is 10.6. The molecule has 33 heavy (non-hydrogen) atoms. The molecule has 2 heterocycles. The molecule has 1 aliphatic heterocycles. The number of aromatic nitrogens is 2. The average Bonchev–Trinajstić information content (AvgIpc) is 3.32. The maximum absolute atomic E-state index is 13.7. The van der Waals surface area contributed by atoms with Gasteiger partial charge >= 0.3 is 0 Å². The SMILES string of the molecule is COc1cc(OC)c(S(=O)(=O)N2CCCCC2CO)cc1-c1ccnn1-c1ccccc1Cl. The molecule has 0 radical (unpaired) electrons. The fourth-order valence-corrected chi connectivity index (χ4v) is 6.26. The van der Waals surface area contributed by atoms with Crippen LogP contribution in [0.25, 0.3) is 16.9 Å². The van der Waals surface area contributed by atoms with Crippen molar-refractivity contribution in [1.29, 1.82) is 0 Å². The van der Waals surface area contributed by atoms with Crippen molar-refractivity contribution in [2.24, 2.45) is 0 Å². The number of benzene rings is 2. The third-order valence-corrected chi connectivity index (χ3v) is 8.15. The molecule has 1 fully saturated rings. The minimum Gasteiger partial charge on any atom is -0.496 e. The van der Waals surface area contributed by atoms with Gasteiger partial charge in [0.15, 0.2) is 0 Å². The summed E-state index contributed by atoms with van der Waals surface area (Å²) in [6.45, 7) is 0.111. The molecule has 0 spiro atoms. The van der Waals surface area contributed by atoms with Crippen LogP contribution in [0, 0.1) is 0 Å². The van der Waals surface area contributed by atoms with Crippen LogP contribution in [0.1, 0.15) is 19.3 Å². The molecule has 1 aliphatic rings. The first-order chi connectivity index (χ1) is 15.9. The topological polar surface area (TPSA) is 93.9 Å². The minimum absolute atomic E-state index is 0.00746. The molecule has 8 nitrogen and oxygen atoms in total. The first-order valence-corrected chi connectivity index (χ1v) is 12.4. The Balaban J connectivity index is 1.90. The molecule has 3 aromatic rings. The standard InChI is InChI=1S/C23H26ClN3O5S/c1-31-21-14-22(32-2)23(33(29,30)26-12-6-5-7-16(26)15-28)13-17(21)19-10-11-25-27(19)20-9-4-3-8-18(20)24/h3-4,8-11,13-14,16,28H,5-7,12,15H2,1-2H3. The number of para-hydroxylation sites is 1. The Morgan fingerprint density at radius 2 is 1.88 bits per heavy atom. The lowest BCUT2D eigenvalue weighted by Gasteiger charge is -2.34. The number of sulfonamides is 1. The number of nitrogens with zero attached hydrogens (tertiary/aromatic N) is 3. The van der Waals surface area contributed by atoms with Crippen molar-refractivity contribution < 1.29 is 23.0 Å². The van der Waals surface area contributed by atoms with E-state index in [4.69, 9.17) is 21.1 Å². The van der Waals surface area contributed by atoms with Crippen LogP contribution in [0.4, 0.5) is 0 Å². The van der Waals surface area contributed by atoms with Gasteiger partial charge in [-0.25, -0.2) is 13.1 Å². The van der Waals surface area contributed by atoms with Gasteiger partial charge in [0.1, 0.15) is 16.4 Å². The van der Waals surface area contributed by atoms with Crippen molar-refractivity contribution in [2.45, 2.75) is 30.2 Å². The zero-order valence-electron chi connectivity index (χ0n) is 18.4. The van der Waals surface area contributed by atoms with Crippen molar-refractivity contribution >= 4 is 21.6 Å². The third-order valence-electron chi connectivity index (χ3n) is 5.86. The maximum atomic E-state index is 13.7. The molecule has 0 aliphatic carbocycles. The molecule has 1 unspecified atom stereocenters. The molecule has 0 amide bonds. The summed E-state index contributed by atoms with van der Waals surface area (Å²) in [4.78, 5) is 0.00746. The van der Waals surface area contributed by atoms with Gasteiger partial charge in [-0.3, -0.25) is 0 Å². The molecule has 4 rings (SSSR count). The van der Waals surface area contributed by atoms with E-state index in [-0.39, 0.29) is 17.3 Å².